The number of hydrogen-bond donors (Lipinski definition) is 0. The molecule has 1 aromatic heterocycles. The number of thiophene rings is 1. The SMILES string of the molecule is C[C@H]1Cc2cc(C(=O)OCC(=O)N(C)Cc3ccsc3)ccc2N1S(C)(=O)=O. The lowest BCUT2D eigenvalue weighted by molar-refractivity contribution is -0.133. The maximum absolute atomic E-state index is 12.3. The van der Waals surface area contributed by atoms with Gasteiger partial charge in [0.05, 0.1) is 17.5 Å². The molecule has 7 nitrogen and oxygen atoms in total. The lowest BCUT2D eigenvalue weighted by Crippen LogP contribution is -2.34. The number of nitrogens with zero attached hydrogens (tertiary/aromatic N) is 2. The van der Waals surface area contributed by atoms with Gasteiger partial charge in [-0.25, -0.2) is 13.2 Å². The summed E-state index contributed by atoms with van der Waals surface area (Å²) in [4.78, 5) is 26.0. The van der Waals surface area contributed by atoms with Crippen LogP contribution >= 0.6 is 11.3 Å². The molecule has 1 aliphatic heterocycles. The molecule has 0 bridgehead atoms. The van der Waals surface area contributed by atoms with E-state index in [1.54, 1.807) is 30.5 Å². The summed E-state index contributed by atoms with van der Waals surface area (Å²) in [5.41, 5.74) is 2.68. The van der Waals surface area contributed by atoms with Crippen LogP contribution in [-0.2, 0) is 32.5 Å². The van der Waals surface area contributed by atoms with Crippen molar-refractivity contribution in [3.05, 3.63) is 51.7 Å². The van der Waals surface area contributed by atoms with Gasteiger partial charge in [-0.05, 0) is 59.5 Å². The molecule has 0 radical (unpaired) electrons. The van der Waals surface area contributed by atoms with Crippen molar-refractivity contribution in [2.24, 2.45) is 0 Å². The summed E-state index contributed by atoms with van der Waals surface area (Å²) in [6.07, 6.45) is 1.69. The summed E-state index contributed by atoms with van der Waals surface area (Å²) < 4.78 is 30.5. The lowest BCUT2D eigenvalue weighted by Gasteiger charge is -2.21. The number of fused-ring (bicyclic) bond motifs is 1. The maximum Gasteiger partial charge on any atom is 0.338 e. The smallest absolute Gasteiger partial charge is 0.338 e. The average molecular weight is 423 g/mol. The Morgan fingerprint density at radius 1 is 1.32 bits per heavy atom. The van der Waals surface area contributed by atoms with Gasteiger partial charge in [0.1, 0.15) is 0 Å². The standard InChI is InChI=1S/C19H22N2O5S2/c1-13-8-16-9-15(4-5-17(16)21(13)28(3,24)25)19(23)26-11-18(22)20(2)10-14-6-7-27-12-14/h4-7,9,12-13H,8,10-11H2,1-3H3/t13-/m0/s1. The minimum absolute atomic E-state index is 0.205. The third-order valence-electron chi connectivity index (χ3n) is 4.58. The fraction of sp³-hybridized carbons (Fsp3) is 0.368. The highest BCUT2D eigenvalue weighted by atomic mass is 32.2. The van der Waals surface area contributed by atoms with Crippen molar-refractivity contribution < 1.29 is 22.7 Å². The van der Waals surface area contributed by atoms with Crippen LogP contribution in [0, 0.1) is 0 Å². The second kappa shape index (κ2) is 7.92. The number of esters is 1. The Morgan fingerprint density at radius 3 is 2.71 bits per heavy atom. The van der Waals surface area contributed by atoms with Crippen LogP contribution in [-0.4, -0.2) is 51.1 Å². The number of rotatable bonds is 6. The van der Waals surface area contributed by atoms with Crippen molar-refractivity contribution in [3.8, 4) is 0 Å². The molecule has 150 valence electrons. The van der Waals surface area contributed by atoms with E-state index in [9.17, 15) is 18.0 Å². The highest BCUT2D eigenvalue weighted by molar-refractivity contribution is 7.92. The minimum atomic E-state index is -3.38. The molecule has 0 unspecified atom stereocenters. The molecule has 1 aromatic carbocycles. The van der Waals surface area contributed by atoms with Gasteiger partial charge in [0.25, 0.3) is 5.91 Å². The first-order valence-electron chi connectivity index (χ1n) is 8.71. The molecule has 0 aliphatic carbocycles. The zero-order valence-corrected chi connectivity index (χ0v) is 17.5. The lowest BCUT2D eigenvalue weighted by atomic mass is 10.1. The monoisotopic (exact) mass is 422 g/mol. The van der Waals surface area contributed by atoms with Crippen LogP contribution < -0.4 is 4.31 Å². The Labute approximate surface area is 168 Å². The van der Waals surface area contributed by atoms with Crippen LogP contribution in [0.5, 0.6) is 0 Å². The van der Waals surface area contributed by atoms with Crippen LogP contribution in [0.25, 0.3) is 0 Å². The van der Waals surface area contributed by atoms with E-state index in [0.717, 1.165) is 11.1 Å². The number of anilines is 1. The number of amides is 1. The largest absolute Gasteiger partial charge is 0.452 e. The normalized spacial score (nSPS) is 16.0. The number of sulfonamides is 1. The Balaban J connectivity index is 1.63. The van der Waals surface area contributed by atoms with Crippen molar-refractivity contribution in [1.82, 2.24) is 4.90 Å². The zero-order valence-electron chi connectivity index (χ0n) is 15.9. The van der Waals surface area contributed by atoms with Crippen molar-refractivity contribution in [1.29, 1.82) is 0 Å². The summed E-state index contributed by atoms with van der Waals surface area (Å²) in [6, 6.07) is 6.51. The molecule has 1 atom stereocenters. The quantitative estimate of drug-likeness (QED) is 0.667. The summed E-state index contributed by atoms with van der Waals surface area (Å²) in [5.74, 6) is -0.900. The topological polar surface area (TPSA) is 84.0 Å². The number of likely N-dealkylation sites (N-methyl/N-ethyl adjacent to an activating group) is 1. The van der Waals surface area contributed by atoms with Crippen molar-refractivity contribution in [2.75, 3.05) is 24.2 Å². The van der Waals surface area contributed by atoms with Crippen LogP contribution in [0.1, 0.15) is 28.4 Å². The van der Waals surface area contributed by atoms with E-state index in [1.807, 2.05) is 23.8 Å². The number of carbonyl (C=O) groups excluding carboxylic acids is 2. The van der Waals surface area contributed by atoms with E-state index < -0.39 is 16.0 Å². The molecule has 1 aliphatic rings. The first-order chi connectivity index (χ1) is 13.2. The molecule has 2 heterocycles. The molecule has 2 aromatic rings. The Morgan fingerprint density at radius 2 is 2.07 bits per heavy atom. The van der Waals surface area contributed by atoms with Gasteiger partial charge in [-0.15, -0.1) is 0 Å². The van der Waals surface area contributed by atoms with E-state index in [0.29, 0.717) is 24.2 Å². The number of benzene rings is 1. The van der Waals surface area contributed by atoms with E-state index >= 15 is 0 Å². The van der Waals surface area contributed by atoms with Crippen LogP contribution in [0.15, 0.2) is 35.0 Å². The fourth-order valence-electron chi connectivity index (χ4n) is 3.30. The summed E-state index contributed by atoms with van der Waals surface area (Å²) >= 11 is 1.56. The van der Waals surface area contributed by atoms with Gasteiger partial charge in [0.2, 0.25) is 10.0 Å². The third-order valence-corrected chi connectivity index (χ3v) is 6.58. The predicted molar refractivity (Wildman–Crippen MR) is 108 cm³/mol. The van der Waals surface area contributed by atoms with E-state index in [1.165, 1.54) is 21.5 Å². The van der Waals surface area contributed by atoms with E-state index in [2.05, 4.69) is 0 Å². The molecule has 0 saturated heterocycles. The number of carbonyl (C=O) groups is 2. The molecule has 28 heavy (non-hydrogen) atoms. The molecule has 0 N–H and O–H groups in total. The van der Waals surface area contributed by atoms with Crippen LogP contribution in [0.2, 0.25) is 0 Å². The van der Waals surface area contributed by atoms with E-state index in [-0.39, 0.29) is 18.6 Å². The molecular weight excluding hydrogens is 400 g/mol. The van der Waals surface area contributed by atoms with Crippen molar-refractivity contribution >= 4 is 38.9 Å². The summed E-state index contributed by atoms with van der Waals surface area (Å²) in [7, 11) is -1.73. The second-order valence-corrected chi connectivity index (χ2v) is 9.55. The second-order valence-electron chi connectivity index (χ2n) is 6.91. The maximum atomic E-state index is 12.3. The molecular formula is C19H22N2O5S2. The van der Waals surface area contributed by atoms with Gasteiger partial charge in [0, 0.05) is 19.6 Å². The first kappa shape index (κ1) is 20.3. The van der Waals surface area contributed by atoms with Crippen LogP contribution in [0.3, 0.4) is 0 Å². The van der Waals surface area contributed by atoms with Gasteiger partial charge in [-0.2, -0.15) is 11.3 Å². The zero-order chi connectivity index (χ0) is 20.5. The highest BCUT2D eigenvalue weighted by Gasteiger charge is 2.33. The molecule has 1 amide bonds. The summed E-state index contributed by atoms with van der Waals surface area (Å²) in [5, 5.41) is 3.90. The third kappa shape index (κ3) is 4.36. The minimum Gasteiger partial charge on any atom is -0.452 e. The molecule has 9 heteroatoms. The highest BCUT2D eigenvalue weighted by Crippen LogP contribution is 2.34. The van der Waals surface area contributed by atoms with Gasteiger partial charge in [-0.3, -0.25) is 9.10 Å². The van der Waals surface area contributed by atoms with Gasteiger partial charge in [0.15, 0.2) is 6.61 Å². The van der Waals surface area contributed by atoms with Gasteiger partial charge >= 0.3 is 5.97 Å². The predicted octanol–water partition coefficient (Wildman–Crippen LogP) is 2.27. The van der Waals surface area contributed by atoms with Gasteiger partial charge in [-0.1, -0.05) is 0 Å². The van der Waals surface area contributed by atoms with Crippen molar-refractivity contribution in [3.63, 3.8) is 0 Å². The molecule has 3 rings (SSSR count). The summed E-state index contributed by atoms with van der Waals surface area (Å²) in [6.45, 7) is 1.93. The molecule has 0 fully saturated rings. The molecule has 0 saturated carbocycles. The Kier molecular flexibility index (Phi) is 5.76. The van der Waals surface area contributed by atoms with E-state index in [4.69, 9.17) is 4.74 Å². The number of ether oxygens (including phenoxy) is 1. The fourth-order valence-corrected chi connectivity index (χ4v) is 5.22. The van der Waals surface area contributed by atoms with Gasteiger partial charge < -0.3 is 9.64 Å². The van der Waals surface area contributed by atoms with Crippen molar-refractivity contribution in [2.45, 2.75) is 25.9 Å². The Bertz CT molecular complexity index is 986. The molecule has 0 spiro atoms. The first-order valence-corrected chi connectivity index (χ1v) is 11.5. The Hall–Kier alpha value is -2.39. The average Bonchev–Trinajstić information content (AvgIpc) is 3.24. The van der Waals surface area contributed by atoms with Crippen LogP contribution in [0.4, 0.5) is 5.69 Å². The number of hydrogen-bond acceptors (Lipinski definition) is 6.